The number of hydrogen-bond acceptors (Lipinski definition) is 4. The van der Waals surface area contributed by atoms with E-state index in [1.54, 1.807) is 4.68 Å². The fourth-order valence-electron chi connectivity index (χ4n) is 2.89. The van der Waals surface area contributed by atoms with E-state index in [2.05, 4.69) is 50.1 Å². The van der Waals surface area contributed by atoms with Gasteiger partial charge in [0, 0.05) is 0 Å². The summed E-state index contributed by atoms with van der Waals surface area (Å²) in [6, 6.07) is 18.4. The van der Waals surface area contributed by atoms with Crippen LogP contribution in [0.2, 0.25) is 0 Å². The molecule has 0 saturated carbocycles. The van der Waals surface area contributed by atoms with Gasteiger partial charge in [0.15, 0.2) is 5.56 Å². The SMILES string of the molecule is Cc1ccc(C(C)C)cc1COc1nn(Cc2ccccc2)c(N)c1C#N. The first-order valence-corrected chi connectivity index (χ1v) is 9.02. The molecule has 5 nitrogen and oxygen atoms in total. The van der Waals surface area contributed by atoms with Crippen LogP contribution in [0.15, 0.2) is 48.5 Å². The molecule has 0 atom stereocenters. The fraction of sp³-hybridized carbons (Fsp3) is 0.273. The Morgan fingerprint density at radius 3 is 2.59 bits per heavy atom. The minimum Gasteiger partial charge on any atom is -0.471 e. The zero-order valence-electron chi connectivity index (χ0n) is 15.9. The zero-order chi connectivity index (χ0) is 19.4. The van der Waals surface area contributed by atoms with Crippen LogP contribution in [-0.2, 0) is 13.2 Å². The zero-order valence-corrected chi connectivity index (χ0v) is 15.9. The van der Waals surface area contributed by atoms with Crippen molar-refractivity contribution in [2.45, 2.75) is 39.8 Å². The minimum absolute atomic E-state index is 0.278. The molecule has 0 amide bonds. The molecule has 0 spiro atoms. The average Bonchev–Trinajstić information content (AvgIpc) is 2.96. The van der Waals surface area contributed by atoms with Gasteiger partial charge in [-0.15, -0.1) is 5.10 Å². The maximum atomic E-state index is 9.48. The summed E-state index contributed by atoms with van der Waals surface area (Å²) in [5.74, 6) is 1.05. The summed E-state index contributed by atoms with van der Waals surface area (Å²) in [4.78, 5) is 0. The Hall–Kier alpha value is -3.26. The lowest BCUT2D eigenvalue weighted by molar-refractivity contribution is 0.288. The van der Waals surface area contributed by atoms with Crippen LogP contribution in [0.5, 0.6) is 5.88 Å². The Morgan fingerprint density at radius 1 is 1.19 bits per heavy atom. The molecule has 2 aromatic carbocycles. The van der Waals surface area contributed by atoms with Crippen molar-refractivity contribution in [3.63, 3.8) is 0 Å². The van der Waals surface area contributed by atoms with Gasteiger partial charge in [-0.25, -0.2) is 4.68 Å². The molecule has 3 rings (SSSR count). The van der Waals surface area contributed by atoms with Crippen molar-refractivity contribution in [1.29, 1.82) is 5.26 Å². The number of aromatic nitrogens is 2. The van der Waals surface area contributed by atoms with Gasteiger partial charge in [0.25, 0.3) is 5.88 Å². The van der Waals surface area contributed by atoms with E-state index in [0.29, 0.717) is 24.9 Å². The number of benzene rings is 2. The molecule has 1 heterocycles. The van der Waals surface area contributed by atoms with Crippen LogP contribution in [0.4, 0.5) is 5.82 Å². The van der Waals surface area contributed by atoms with Crippen molar-refractivity contribution in [2.24, 2.45) is 0 Å². The Kier molecular flexibility index (Phi) is 5.46. The van der Waals surface area contributed by atoms with E-state index in [4.69, 9.17) is 10.5 Å². The van der Waals surface area contributed by atoms with Crippen LogP contribution in [0.1, 0.15) is 47.6 Å². The largest absolute Gasteiger partial charge is 0.471 e. The topological polar surface area (TPSA) is 76.9 Å². The monoisotopic (exact) mass is 360 g/mol. The predicted molar refractivity (Wildman–Crippen MR) is 106 cm³/mol. The van der Waals surface area contributed by atoms with E-state index in [-0.39, 0.29) is 11.4 Å². The lowest BCUT2D eigenvalue weighted by Gasteiger charge is -2.11. The van der Waals surface area contributed by atoms with Crippen LogP contribution in [0, 0.1) is 18.3 Å². The predicted octanol–water partition coefficient (Wildman–Crippen LogP) is 4.40. The Balaban J connectivity index is 1.82. The number of anilines is 1. The van der Waals surface area contributed by atoms with E-state index in [1.807, 2.05) is 30.3 Å². The molecule has 138 valence electrons. The molecule has 2 N–H and O–H groups in total. The number of nitriles is 1. The first-order valence-electron chi connectivity index (χ1n) is 9.02. The smallest absolute Gasteiger partial charge is 0.253 e. The van der Waals surface area contributed by atoms with Crippen LogP contribution in [-0.4, -0.2) is 9.78 Å². The highest BCUT2D eigenvalue weighted by Crippen LogP contribution is 2.26. The van der Waals surface area contributed by atoms with E-state index in [0.717, 1.165) is 16.7 Å². The van der Waals surface area contributed by atoms with Gasteiger partial charge < -0.3 is 10.5 Å². The third kappa shape index (κ3) is 4.12. The highest BCUT2D eigenvalue weighted by molar-refractivity contribution is 5.55. The second-order valence-corrected chi connectivity index (χ2v) is 6.95. The summed E-state index contributed by atoms with van der Waals surface area (Å²) in [5, 5.41) is 13.9. The first-order chi connectivity index (χ1) is 13.0. The third-order valence-electron chi connectivity index (χ3n) is 4.65. The Labute approximate surface area is 160 Å². The number of hydrogen-bond donors (Lipinski definition) is 1. The van der Waals surface area contributed by atoms with E-state index >= 15 is 0 Å². The number of nitrogens with zero attached hydrogens (tertiary/aromatic N) is 3. The second kappa shape index (κ2) is 7.96. The third-order valence-corrected chi connectivity index (χ3v) is 4.65. The standard InChI is InChI=1S/C22H24N4O/c1-15(2)18-10-9-16(3)19(11-18)14-27-22-20(12-23)21(24)26(25-22)13-17-7-5-4-6-8-17/h4-11,15H,13-14,24H2,1-3H3. The fourth-order valence-corrected chi connectivity index (χ4v) is 2.89. The molecule has 0 aliphatic carbocycles. The molecule has 0 unspecified atom stereocenters. The molecule has 0 saturated heterocycles. The average molecular weight is 360 g/mol. The Morgan fingerprint density at radius 2 is 1.93 bits per heavy atom. The summed E-state index contributed by atoms with van der Waals surface area (Å²) in [7, 11) is 0. The van der Waals surface area contributed by atoms with Gasteiger partial charge in [-0.3, -0.25) is 0 Å². The highest BCUT2D eigenvalue weighted by atomic mass is 16.5. The number of nitrogen functional groups attached to an aromatic ring is 1. The molecular formula is C22H24N4O. The summed E-state index contributed by atoms with van der Waals surface area (Å²) in [6.07, 6.45) is 0. The highest BCUT2D eigenvalue weighted by Gasteiger charge is 2.17. The molecular weight excluding hydrogens is 336 g/mol. The van der Waals surface area contributed by atoms with Gasteiger partial charge >= 0.3 is 0 Å². The first kappa shape index (κ1) is 18.5. The molecule has 27 heavy (non-hydrogen) atoms. The molecule has 5 heteroatoms. The van der Waals surface area contributed by atoms with Crippen LogP contribution >= 0.6 is 0 Å². The quantitative estimate of drug-likeness (QED) is 0.707. The summed E-state index contributed by atoms with van der Waals surface area (Å²) in [5.41, 5.74) is 11.0. The van der Waals surface area contributed by atoms with E-state index < -0.39 is 0 Å². The van der Waals surface area contributed by atoms with Crippen LogP contribution in [0.25, 0.3) is 0 Å². The molecule has 0 fully saturated rings. The van der Waals surface area contributed by atoms with E-state index in [1.165, 1.54) is 5.56 Å². The van der Waals surface area contributed by atoms with Gasteiger partial charge in [0.1, 0.15) is 18.5 Å². The maximum Gasteiger partial charge on any atom is 0.253 e. The summed E-state index contributed by atoms with van der Waals surface area (Å²) >= 11 is 0. The second-order valence-electron chi connectivity index (χ2n) is 6.95. The van der Waals surface area contributed by atoms with Gasteiger partial charge in [0.2, 0.25) is 0 Å². The molecule has 0 aliphatic heterocycles. The van der Waals surface area contributed by atoms with Crippen LogP contribution in [0.3, 0.4) is 0 Å². The van der Waals surface area contributed by atoms with Gasteiger partial charge in [-0.05, 0) is 35.1 Å². The normalized spacial score (nSPS) is 10.8. The van der Waals surface area contributed by atoms with Crippen molar-refractivity contribution in [1.82, 2.24) is 9.78 Å². The number of aryl methyl sites for hydroxylation is 1. The summed E-state index contributed by atoms with van der Waals surface area (Å²) in [6.45, 7) is 7.22. The molecule has 3 aromatic rings. The number of rotatable bonds is 6. The van der Waals surface area contributed by atoms with Crippen molar-refractivity contribution in [2.75, 3.05) is 5.73 Å². The van der Waals surface area contributed by atoms with Crippen molar-refractivity contribution in [3.8, 4) is 11.9 Å². The number of nitrogens with two attached hydrogens (primary N) is 1. The van der Waals surface area contributed by atoms with Crippen molar-refractivity contribution in [3.05, 3.63) is 76.3 Å². The van der Waals surface area contributed by atoms with E-state index in [9.17, 15) is 5.26 Å². The molecule has 0 bridgehead atoms. The van der Waals surface area contributed by atoms with Crippen LogP contribution < -0.4 is 10.5 Å². The van der Waals surface area contributed by atoms with Gasteiger partial charge in [-0.1, -0.05) is 62.4 Å². The molecule has 1 aromatic heterocycles. The Bertz CT molecular complexity index is 968. The summed E-state index contributed by atoms with van der Waals surface area (Å²) < 4.78 is 7.51. The van der Waals surface area contributed by atoms with Crippen molar-refractivity contribution >= 4 is 5.82 Å². The van der Waals surface area contributed by atoms with Crippen molar-refractivity contribution < 1.29 is 4.74 Å². The van der Waals surface area contributed by atoms with Gasteiger partial charge in [0.05, 0.1) is 6.54 Å². The lowest BCUT2D eigenvalue weighted by Crippen LogP contribution is -2.06. The minimum atomic E-state index is 0.278. The molecule has 0 radical (unpaired) electrons. The number of ether oxygens (including phenoxy) is 1. The van der Waals surface area contributed by atoms with Gasteiger partial charge in [-0.2, -0.15) is 5.26 Å². The molecule has 0 aliphatic rings. The lowest BCUT2D eigenvalue weighted by atomic mass is 9.98. The maximum absolute atomic E-state index is 9.48.